The second kappa shape index (κ2) is 6.39. The Balaban J connectivity index is 1.93. The molecule has 0 aliphatic carbocycles. The second-order valence-corrected chi connectivity index (χ2v) is 5.22. The van der Waals surface area contributed by atoms with Crippen LogP contribution in [-0.4, -0.2) is 16.1 Å². The smallest absolute Gasteiger partial charge is 0.275 e. The third-order valence-electron chi connectivity index (χ3n) is 3.36. The molecule has 23 heavy (non-hydrogen) atoms. The van der Waals surface area contributed by atoms with Crippen LogP contribution in [0, 0.1) is 12.3 Å². The van der Waals surface area contributed by atoms with E-state index in [1.165, 1.54) is 6.20 Å². The van der Waals surface area contributed by atoms with Crippen LogP contribution in [0.15, 0.2) is 54.7 Å². The summed E-state index contributed by atoms with van der Waals surface area (Å²) in [5.74, 6) is 2.23. The average Bonchev–Trinajstić information content (AvgIpc) is 3.02. The van der Waals surface area contributed by atoms with E-state index in [9.17, 15) is 4.79 Å². The number of carbonyl (C=O) groups is 1. The van der Waals surface area contributed by atoms with Gasteiger partial charge in [-0.05, 0) is 23.8 Å². The number of benzene rings is 2. The predicted octanol–water partition coefficient (Wildman–Crippen LogP) is 3.96. The number of anilines is 1. The van der Waals surface area contributed by atoms with E-state index < -0.39 is 0 Å². The van der Waals surface area contributed by atoms with Crippen LogP contribution in [0.25, 0.3) is 11.1 Å². The summed E-state index contributed by atoms with van der Waals surface area (Å²) in [5.41, 5.74) is 3.55. The van der Waals surface area contributed by atoms with Crippen LogP contribution in [-0.2, 0) is 0 Å². The predicted molar refractivity (Wildman–Crippen MR) is 91.4 cm³/mol. The average molecular weight is 322 g/mol. The van der Waals surface area contributed by atoms with E-state index >= 15 is 0 Å². The summed E-state index contributed by atoms with van der Waals surface area (Å²) < 4.78 is 0. The fraction of sp³-hybridized carbons (Fsp3) is 0. The first-order chi connectivity index (χ1) is 11.2. The van der Waals surface area contributed by atoms with Crippen molar-refractivity contribution in [1.82, 2.24) is 10.2 Å². The summed E-state index contributed by atoms with van der Waals surface area (Å²) in [6.45, 7) is 0. The van der Waals surface area contributed by atoms with E-state index in [1.54, 1.807) is 0 Å². The summed E-state index contributed by atoms with van der Waals surface area (Å²) in [6, 6.07) is 15.1. The molecule has 2 N–H and O–H groups in total. The quantitative estimate of drug-likeness (QED) is 0.717. The van der Waals surface area contributed by atoms with Gasteiger partial charge in [0.1, 0.15) is 5.69 Å². The number of carbonyl (C=O) groups excluding carboxylic acids is 1. The number of terminal acetylenes is 1. The first-order valence-electron chi connectivity index (χ1n) is 6.85. The third kappa shape index (κ3) is 3.10. The fourth-order valence-electron chi connectivity index (χ4n) is 2.21. The largest absolute Gasteiger partial charge is 0.320 e. The SMILES string of the molecule is C#Cc1ccc(-c2ccccc2NC(=O)c2[nH]ncc2Cl)cc1. The number of aromatic amines is 1. The molecule has 0 unspecified atom stereocenters. The van der Waals surface area contributed by atoms with Gasteiger partial charge in [-0.1, -0.05) is 47.9 Å². The molecule has 0 radical (unpaired) electrons. The van der Waals surface area contributed by atoms with E-state index in [2.05, 4.69) is 21.4 Å². The number of halogens is 1. The standard InChI is InChI=1S/C18H12ClN3O/c1-2-12-7-9-13(10-8-12)14-5-3-4-6-16(14)21-18(23)17-15(19)11-20-22-17/h1,3-11H,(H,20,22)(H,21,23). The van der Waals surface area contributed by atoms with Gasteiger partial charge in [0.15, 0.2) is 0 Å². The Morgan fingerprint density at radius 1 is 1.17 bits per heavy atom. The van der Waals surface area contributed by atoms with Gasteiger partial charge in [-0.15, -0.1) is 6.42 Å². The molecule has 0 atom stereocenters. The maximum Gasteiger partial charge on any atom is 0.275 e. The molecule has 0 spiro atoms. The van der Waals surface area contributed by atoms with Crippen LogP contribution < -0.4 is 5.32 Å². The van der Waals surface area contributed by atoms with Crippen LogP contribution in [0.3, 0.4) is 0 Å². The Hall–Kier alpha value is -3.03. The summed E-state index contributed by atoms with van der Waals surface area (Å²) in [5, 5.41) is 9.45. The molecule has 3 aromatic rings. The fourth-order valence-corrected chi connectivity index (χ4v) is 2.38. The lowest BCUT2D eigenvalue weighted by molar-refractivity contribution is 0.102. The number of H-pyrrole nitrogens is 1. The highest BCUT2D eigenvalue weighted by molar-refractivity contribution is 6.34. The van der Waals surface area contributed by atoms with Gasteiger partial charge in [0.25, 0.3) is 5.91 Å². The lowest BCUT2D eigenvalue weighted by Gasteiger charge is -2.11. The molecule has 4 nitrogen and oxygen atoms in total. The molecule has 1 amide bonds. The van der Waals surface area contributed by atoms with Crippen molar-refractivity contribution in [3.05, 3.63) is 71.0 Å². The van der Waals surface area contributed by atoms with Crippen molar-refractivity contribution in [2.45, 2.75) is 0 Å². The highest BCUT2D eigenvalue weighted by Crippen LogP contribution is 2.28. The van der Waals surface area contributed by atoms with Gasteiger partial charge >= 0.3 is 0 Å². The minimum Gasteiger partial charge on any atom is -0.320 e. The number of para-hydroxylation sites is 1. The summed E-state index contributed by atoms with van der Waals surface area (Å²) in [6.07, 6.45) is 6.76. The first-order valence-corrected chi connectivity index (χ1v) is 7.23. The Morgan fingerprint density at radius 3 is 2.57 bits per heavy atom. The number of aromatic nitrogens is 2. The number of hydrogen-bond acceptors (Lipinski definition) is 2. The van der Waals surface area contributed by atoms with Crippen molar-refractivity contribution >= 4 is 23.2 Å². The Kier molecular flexibility index (Phi) is 4.13. The minimum absolute atomic E-state index is 0.226. The van der Waals surface area contributed by atoms with E-state index in [-0.39, 0.29) is 16.6 Å². The molecule has 1 aromatic heterocycles. The van der Waals surface area contributed by atoms with Gasteiger partial charge in [-0.2, -0.15) is 5.10 Å². The molecule has 0 fully saturated rings. The summed E-state index contributed by atoms with van der Waals surface area (Å²) >= 11 is 5.92. The maximum absolute atomic E-state index is 12.3. The monoisotopic (exact) mass is 321 g/mol. The van der Waals surface area contributed by atoms with Crippen molar-refractivity contribution in [3.8, 4) is 23.5 Å². The van der Waals surface area contributed by atoms with Crippen molar-refractivity contribution in [2.75, 3.05) is 5.32 Å². The van der Waals surface area contributed by atoms with Gasteiger partial charge < -0.3 is 5.32 Å². The Labute approximate surface area is 138 Å². The zero-order valence-corrected chi connectivity index (χ0v) is 12.8. The molecule has 0 saturated carbocycles. The van der Waals surface area contributed by atoms with Gasteiger partial charge in [0.05, 0.1) is 11.2 Å². The maximum atomic E-state index is 12.3. The van der Waals surface area contributed by atoms with E-state index in [0.717, 1.165) is 16.7 Å². The second-order valence-electron chi connectivity index (χ2n) is 4.81. The minimum atomic E-state index is -0.347. The van der Waals surface area contributed by atoms with Crippen LogP contribution in [0.2, 0.25) is 5.02 Å². The van der Waals surface area contributed by atoms with Gasteiger partial charge in [0, 0.05) is 16.8 Å². The molecule has 0 bridgehead atoms. The van der Waals surface area contributed by atoms with Gasteiger partial charge in [-0.25, -0.2) is 0 Å². The molecule has 3 rings (SSSR count). The van der Waals surface area contributed by atoms with Crippen molar-refractivity contribution in [2.24, 2.45) is 0 Å². The molecule has 0 saturated heterocycles. The number of hydrogen-bond donors (Lipinski definition) is 2. The number of nitrogens with zero attached hydrogens (tertiary/aromatic N) is 1. The van der Waals surface area contributed by atoms with Crippen LogP contribution in [0.1, 0.15) is 16.1 Å². The molecular weight excluding hydrogens is 310 g/mol. The lowest BCUT2D eigenvalue weighted by Crippen LogP contribution is -2.13. The number of amides is 1. The first kappa shape index (κ1) is 14.9. The van der Waals surface area contributed by atoms with E-state index in [1.807, 2.05) is 48.5 Å². The highest BCUT2D eigenvalue weighted by atomic mass is 35.5. The van der Waals surface area contributed by atoms with Gasteiger partial charge in [-0.3, -0.25) is 9.89 Å². The van der Waals surface area contributed by atoms with Crippen molar-refractivity contribution in [3.63, 3.8) is 0 Å². The van der Waals surface area contributed by atoms with Crippen LogP contribution >= 0.6 is 11.6 Å². The van der Waals surface area contributed by atoms with Crippen LogP contribution in [0.4, 0.5) is 5.69 Å². The highest BCUT2D eigenvalue weighted by Gasteiger charge is 2.14. The van der Waals surface area contributed by atoms with E-state index in [0.29, 0.717) is 5.69 Å². The van der Waals surface area contributed by atoms with Crippen molar-refractivity contribution in [1.29, 1.82) is 0 Å². The summed E-state index contributed by atoms with van der Waals surface area (Å²) in [4.78, 5) is 12.3. The van der Waals surface area contributed by atoms with Crippen molar-refractivity contribution < 1.29 is 4.79 Å². The van der Waals surface area contributed by atoms with Gasteiger partial charge in [0.2, 0.25) is 0 Å². The summed E-state index contributed by atoms with van der Waals surface area (Å²) in [7, 11) is 0. The molecule has 2 aromatic carbocycles. The third-order valence-corrected chi connectivity index (χ3v) is 3.64. The molecule has 0 aliphatic rings. The molecule has 5 heteroatoms. The zero-order valence-electron chi connectivity index (χ0n) is 12.0. The molecule has 1 heterocycles. The van der Waals surface area contributed by atoms with E-state index in [4.69, 9.17) is 18.0 Å². The Morgan fingerprint density at radius 2 is 1.91 bits per heavy atom. The lowest BCUT2D eigenvalue weighted by atomic mass is 10.0. The van der Waals surface area contributed by atoms with Crippen LogP contribution in [0.5, 0.6) is 0 Å². The Bertz CT molecular complexity index is 891. The molecule has 112 valence electrons. The molecular formula is C18H12ClN3O. The number of rotatable bonds is 3. The topological polar surface area (TPSA) is 57.8 Å². The number of nitrogens with one attached hydrogen (secondary N) is 2. The molecule has 0 aliphatic heterocycles. The zero-order chi connectivity index (χ0) is 16.2. The normalized spacial score (nSPS) is 10.1.